The van der Waals surface area contributed by atoms with Gasteiger partial charge in [-0.05, 0) is 32.8 Å². The van der Waals surface area contributed by atoms with E-state index in [0.29, 0.717) is 30.6 Å². The van der Waals surface area contributed by atoms with Crippen LogP contribution < -0.4 is 0 Å². The van der Waals surface area contributed by atoms with Gasteiger partial charge in [-0.1, -0.05) is 23.4 Å². The molecule has 1 atom stereocenters. The second kappa shape index (κ2) is 5.48. The minimum Gasteiger partial charge on any atom is -0.360 e. The Labute approximate surface area is 128 Å². The Morgan fingerprint density at radius 2 is 2.05 bits per heavy atom. The first-order valence-corrected chi connectivity index (χ1v) is 8.56. The molecule has 3 rings (SSSR count). The van der Waals surface area contributed by atoms with Gasteiger partial charge in [0.1, 0.15) is 16.4 Å². The SMILES string of the molecule is Cc1noc(C)c1S(=O)(=O)N1CCC[C@@H]1c1ccccc1F. The maximum absolute atomic E-state index is 14.1. The molecule has 1 aliphatic rings. The molecule has 0 bridgehead atoms. The van der Waals surface area contributed by atoms with E-state index in [1.165, 1.54) is 10.4 Å². The lowest BCUT2D eigenvalue weighted by molar-refractivity contribution is 0.379. The van der Waals surface area contributed by atoms with E-state index in [4.69, 9.17) is 4.52 Å². The van der Waals surface area contributed by atoms with Crippen LogP contribution in [0.4, 0.5) is 4.39 Å². The number of halogens is 1. The number of hydrogen-bond donors (Lipinski definition) is 0. The molecular weight excluding hydrogens is 307 g/mol. The summed E-state index contributed by atoms with van der Waals surface area (Å²) in [6.07, 6.45) is 1.30. The third-order valence-electron chi connectivity index (χ3n) is 4.00. The number of sulfonamides is 1. The van der Waals surface area contributed by atoms with E-state index in [9.17, 15) is 12.8 Å². The minimum atomic E-state index is -3.76. The van der Waals surface area contributed by atoms with Crippen LogP contribution in [0, 0.1) is 19.7 Å². The second-order valence-electron chi connectivity index (χ2n) is 5.45. The highest BCUT2D eigenvalue weighted by atomic mass is 32.2. The summed E-state index contributed by atoms with van der Waals surface area (Å²) in [5.41, 5.74) is 0.743. The Morgan fingerprint density at radius 1 is 1.32 bits per heavy atom. The van der Waals surface area contributed by atoms with Gasteiger partial charge in [0, 0.05) is 12.1 Å². The average Bonchev–Trinajstić information content (AvgIpc) is 3.07. The zero-order valence-electron chi connectivity index (χ0n) is 12.4. The van der Waals surface area contributed by atoms with Gasteiger partial charge < -0.3 is 4.52 Å². The molecule has 1 saturated heterocycles. The van der Waals surface area contributed by atoms with Gasteiger partial charge in [-0.3, -0.25) is 0 Å². The van der Waals surface area contributed by atoms with Crippen LogP contribution in [0.3, 0.4) is 0 Å². The molecule has 0 radical (unpaired) electrons. The van der Waals surface area contributed by atoms with E-state index in [2.05, 4.69) is 5.16 Å². The predicted octanol–water partition coefficient (Wildman–Crippen LogP) is 2.96. The molecule has 22 heavy (non-hydrogen) atoms. The summed E-state index contributed by atoms with van der Waals surface area (Å²) < 4.78 is 46.3. The highest BCUT2D eigenvalue weighted by Crippen LogP contribution is 2.38. The summed E-state index contributed by atoms with van der Waals surface area (Å²) in [6, 6.07) is 5.83. The highest BCUT2D eigenvalue weighted by molar-refractivity contribution is 7.89. The topological polar surface area (TPSA) is 63.4 Å². The molecular formula is C15H17FN2O3S. The van der Waals surface area contributed by atoms with E-state index in [-0.39, 0.29) is 16.5 Å². The van der Waals surface area contributed by atoms with E-state index >= 15 is 0 Å². The monoisotopic (exact) mass is 324 g/mol. The van der Waals surface area contributed by atoms with Crippen LogP contribution in [0.5, 0.6) is 0 Å². The number of benzene rings is 1. The Kier molecular flexibility index (Phi) is 3.78. The fourth-order valence-corrected chi connectivity index (χ4v) is 5.01. The van der Waals surface area contributed by atoms with Crippen LogP contribution in [-0.2, 0) is 10.0 Å². The molecule has 0 spiro atoms. The number of hydrogen-bond acceptors (Lipinski definition) is 4. The molecule has 0 aliphatic carbocycles. The third-order valence-corrected chi connectivity index (χ3v) is 6.16. The second-order valence-corrected chi connectivity index (χ2v) is 7.28. The van der Waals surface area contributed by atoms with E-state index in [1.807, 2.05) is 0 Å². The van der Waals surface area contributed by atoms with Crippen molar-refractivity contribution >= 4 is 10.0 Å². The standard InChI is InChI=1S/C15H17FN2O3S/c1-10-15(11(2)21-17-10)22(19,20)18-9-5-8-14(18)12-6-3-4-7-13(12)16/h3-4,6-7,14H,5,8-9H2,1-2H3/t14-/m1/s1. The van der Waals surface area contributed by atoms with Gasteiger partial charge in [0.25, 0.3) is 0 Å². The molecule has 118 valence electrons. The largest absolute Gasteiger partial charge is 0.360 e. The van der Waals surface area contributed by atoms with E-state index in [1.54, 1.807) is 32.0 Å². The fourth-order valence-electron chi connectivity index (χ4n) is 3.04. The molecule has 2 aromatic rings. The molecule has 0 saturated carbocycles. The van der Waals surface area contributed by atoms with Gasteiger partial charge in [-0.2, -0.15) is 4.31 Å². The van der Waals surface area contributed by atoms with E-state index < -0.39 is 16.1 Å². The van der Waals surface area contributed by atoms with Crippen molar-refractivity contribution < 1.29 is 17.3 Å². The van der Waals surface area contributed by atoms with Crippen molar-refractivity contribution in [1.29, 1.82) is 0 Å². The third kappa shape index (κ3) is 2.34. The number of rotatable bonds is 3. The molecule has 0 N–H and O–H groups in total. The van der Waals surface area contributed by atoms with Crippen molar-refractivity contribution in [3.8, 4) is 0 Å². The van der Waals surface area contributed by atoms with Crippen molar-refractivity contribution in [1.82, 2.24) is 9.46 Å². The van der Waals surface area contributed by atoms with Crippen molar-refractivity contribution in [3.05, 3.63) is 47.1 Å². The normalized spacial score (nSPS) is 19.7. The first-order valence-electron chi connectivity index (χ1n) is 7.12. The Hall–Kier alpha value is -1.73. The van der Waals surface area contributed by atoms with Crippen LogP contribution in [0.2, 0.25) is 0 Å². The summed E-state index contributed by atoms with van der Waals surface area (Å²) in [5, 5.41) is 3.71. The first-order chi connectivity index (χ1) is 10.4. The van der Waals surface area contributed by atoms with E-state index in [0.717, 1.165) is 0 Å². The van der Waals surface area contributed by atoms with Crippen LogP contribution in [0.25, 0.3) is 0 Å². The Morgan fingerprint density at radius 3 is 2.68 bits per heavy atom. The summed E-state index contributed by atoms with van der Waals surface area (Å²) in [4.78, 5) is 0.0933. The minimum absolute atomic E-state index is 0.0933. The van der Waals surface area contributed by atoms with Crippen LogP contribution in [-0.4, -0.2) is 24.4 Å². The van der Waals surface area contributed by atoms with Crippen molar-refractivity contribution in [2.24, 2.45) is 0 Å². The molecule has 1 fully saturated rings. The zero-order valence-corrected chi connectivity index (χ0v) is 13.2. The lowest BCUT2D eigenvalue weighted by atomic mass is 10.1. The van der Waals surface area contributed by atoms with Gasteiger partial charge >= 0.3 is 0 Å². The summed E-state index contributed by atoms with van der Waals surface area (Å²) >= 11 is 0. The summed E-state index contributed by atoms with van der Waals surface area (Å²) in [7, 11) is -3.76. The number of aromatic nitrogens is 1. The molecule has 1 aliphatic heterocycles. The Bertz CT molecular complexity index is 781. The molecule has 1 aromatic carbocycles. The number of nitrogens with zero attached hydrogens (tertiary/aromatic N) is 2. The maximum atomic E-state index is 14.1. The predicted molar refractivity (Wildman–Crippen MR) is 78.2 cm³/mol. The van der Waals surface area contributed by atoms with Gasteiger partial charge in [0.05, 0.1) is 6.04 Å². The molecule has 7 heteroatoms. The fraction of sp³-hybridized carbons (Fsp3) is 0.400. The van der Waals surface area contributed by atoms with Gasteiger partial charge in [-0.15, -0.1) is 0 Å². The smallest absolute Gasteiger partial charge is 0.249 e. The molecule has 0 unspecified atom stereocenters. The average molecular weight is 324 g/mol. The quantitative estimate of drug-likeness (QED) is 0.871. The van der Waals surface area contributed by atoms with Gasteiger partial charge in [0.2, 0.25) is 10.0 Å². The summed E-state index contributed by atoms with van der Waals surface area (Å²) in [5.74, 6) is -0.120. The summed E-state index contributed by atoms with van der Waals surface area (Å²) in [6.45, 7) is 3.53. The van der Waals surface area contributed by atoms with Crippen LogP contribution in [0.15, 0.2) is 33.7 Å². The molecule has 5 nitrogen and oxygen atoms in total. The maximum Gasteiger partial charge on any atom is 0.249 e. The lowest BCUT2D eigenvalue weighted by Crippen LogP contribution is -2.31. The van der Waals surface area contributed by atoms with Crippen LogP contribution in [0.1, 0.15) is 35.9 Å². The molecule has 2 heterocycles. The Balaban J connectivity index is 2.06. The number of aryl methyl sites for hydroxylation is 2. The molecule has 1 aromatic heterocycles. The molecule has 0 amide bonds. The van der Waals surface area contributed by atoms with Gasteiger partial charge in [-0.25, -0.2) is 12.8 Å². The van der Waals surface area contributed by atoms with Crippen molar-refractivity contribution in [2.75, 3.05) is 6.54 Å². The highest BCUT2D eigenvalue weighted by Gasteiger charge is 2.40. The lowest BCUT2D eigenvalue weighted by Gasteiger charge is -2.24. The first kappa shape index (κ1) is 15.2. The zero-order chi connectivity index (χ0) is 15.9. The van der Waals surface area contributed by atoms with Crippen molar-refractivity contribution in [2.45, 2.75) is 37.6 Å². The van der Waals surface area contributed by atoms with Gasteiger partial charge in [0.15, 0.2) is 5.76 Å². The van der Waals surface area contributed by atoms with Crippen molar-refractivity contribution in [3.63, 3.8) is 0 Å². The van der Waals surface area contributed by atoms with Crippen LogP contribution >= 0.6 is 0 Å².